The molecule has 0 aliphatic rings. The Balaban J connectivity index is 0.00000241. The molecule has 0 bridgehead atoms. The van der Waals surface area contributed by atoms with Crippen LogP contribution in [0.25, 0.3) is 0 Å². The number of benzene rings is 4. The third-order valence-electron chi connectivity index (χ3n) is 5.94. The van der Waals surface area contributed by atoms with Crippen molar-refractivity contribution in [3.63, 3.8) is 0 Å². The van der Waals surface area contributed by atoms with Crippen LogP contribution in [0, 0.1) is 28.7 Å². The fraction of sp³-hybridized carbons (Fsp3) is 0.152. The molecule has 4 rings (SSSR count). The molecular weight excluding hydrogens is 504 g/mol. The summed E-state index contributed by atoms with van der Waals surface area (Å²) < 4.78 is 0. The van der Waals surface area contributed by atoms with E-state index in [4.69, 9.17) is 9.98 Å². The van der Waals surface area contributed by atoms with E-state index in [1.165, 1.54) is 0 Å². The number of aromatic hydroxyl groups is 2. The molecule has 0 radical (unpaired) electrons. The molecule has 0 atom stereocenters. The molecule has 0 amide bonds. The van der Waals surface area contributed by atoms with Crippen LogP contribution in [0.2, 0.25) is 0 Å². The van der Waals surface area contributed by atoms with Crippen molar-refractivity contribution in [2.75, 3.05) is 13.1 Å². The fourth-order valence-electron chi connectivity index (χ4n) is 4.01. The number of phenolic OH excluding ortho intramolecular Hbond substituents is 2. The number of rotatable bonds is 8. The number of aliphatic imine (C=N–C) groups is 2. The van der Waals surface area contributed by atoms with Gasteiger partial charge < -0.3 is 25.1 Å². The summed E-state index contributed by atoms with van der Waals surface area (Å²) in [6, 6.07) is 31.3. The van der Waals surface area contributed by atoms with E-state index in [0.29, 0.717) is 13.1 Å². The van der Waals surface area contributed by atoms with Gasteiger partial charge in [0, 0.05) is 35.3 Å². The van der Waals surface area contributed by atoms with Crippen LogP contribution in [0.4, 0.5) is 0 Å². The Bertz CT molecular complexity index is 1250. The van der Waals surface area contributed by atoms with Gasteiger partial charge in [0.2, 0.25) is 0 Å². The van der Waals surface area contributed by atoms with Crippen LogP contribution < -0.4 is 0 Å². The van der Waals surface area contributed by atoms with Gasteiger partial charge in [-0.25, -0.2) is 0 Å². The second-order valence-corrected chi connectivity index (χ2v) is 8.49. The normalized spacial score (nSPS) is 11.1. The summed E-state index contributed by atoms with van der Waals surface area (Å²) in [4.78, 5) is 9.76. The van der Waals surface area contributed by atoms with E-state index in [1.54, 1.807) is 0 Å². The van der Waals surface area contributed by atoms with Crippen molar-refractivity contribution < 1.29 is 31.9 Å². The molecule has 0 spiro atoms. The van der Waals surface area contributed by atoms with E-state index in [1.807, 2.05) is 111 Å². The van der Waals surface area contributed by atoms with Crippen LogP contribution in [0.15, 0.2) is 107 Å². The van der Waals surface area contributed by atoms with E-state index < -0.39 is 0 Å². The van der Waals surface area contributed by atoms with Gasteiger partial charge in [0.05, 0.1) is 11.4 Å². The van der Waals surface area contributed by atoms with Gasteiger partial charge in [-0.15, -0.1) is 0 Å². The van der Waals surface area contributed by atoms with Gasteiger partial charge in [-0.1, -0.05) is 84.9 Å². The smallest absolute Gasteiger partial charge is 0.507 e. The molecular formula is C33H36N2O2Ti. The zero-order valence-corrected chi connectivity index (χ0v) is 24.2. The summed E-state index contributed by atoms with van der Waals surface area (Å²) in [7, 11) is 0. The molecule has 38 heavy (non-hydrogen) atoms. The minimum atomic E-state index is 0. The molecule has 5 heteroatoms. The maximum atomic E-state index is 10.7. The van der Waals surface area contributed by atoms with Crippen LogP contribution in [-0.2, 0) is 21.7 Å². The van der Waals surface area contributed by atoms with Gasteiger partial charge in [0.15, 0.2) is 0 Å². The van der Waals surface area contributed by atoms with Crippen LogP contribution in [0.1, 0.15) is 39.8 Å². The van der Waals surface area contributed by atoms with Gasteiger partial charge in [0.1, 0.15) is 11.5 Å². The van der Waals surface area contributed by atoms with Gasteiger partial charge in [-0.3, -0.25) is 9.98 Å². The van der Waals surface area contributed by atoms with Crippen molar-refractivity contribution in [2.45, 2.75) is 20.3 Å². The summed E-state index contributed by atoms with van der Waals surface area (Å²) in [5.74, 6) is 0.517. The maximum absolute atomic E-state index is 10.7. The van der Waals surface area contributed by atoms with Gasteiger partial charge in [-0.05, 0) is 43.5 Å². The molecule has 4 aromatic rings. The first-order chi connectivity index (χ1) is 17.1. The van der Waals surface area contributed by atoms with Crippen molar-refractivity contribution in [3.05, 3.63) is 145 Å². The topological polar surface area (TPSA) is 65.2 Å². The van der Waals surface area contributed by atoms with Crippen molar-refractivity contribution in [1.29, 1.82) is 0 Å². The second-order valence-electron chi connectivity index (χ2n) is 8.49. The summed E-state index contributed by atoms with van der Waals surface area (Å²) in [5, 5.41) is 21.4. The summed E-state index contributed by atoms with van der Waals surface area (Å²) >= 11 is 0. The molecule has 4 aromatic carbocycles. The summed E-state index contributed by atoms with van der Waals surface area (Å²) in [5.41, 5.74) is 6.58. The van der Waals surface area contributed by atoms with Crippen LogP contribution >= 0.6 is 0 Å². The molecule has 0 saturated heterocycles. The SMILES string of the molecule is Cc1cccc(C(=NCCCN=C(c2ccccc2)c2cccc(C)c2O)c2ccccc2)c1O.[CH3-].[CH3-].[Ti+2]. The third kappa shape index (κ3) is 7.77. The predicted molar refractivity (Wildman–Crippen MR) is 157 cm³/mol. The van der Waals surface area contributed by atoms with Gasteiger partial charge in [-0.2, -0.15) is 0 Å². The van der Waals surface area contributed by atoms with Crippen molar-refractivity contribution in [1.82, 2.24) is 0 Å². The van der Waals surface area contributed by atoms with Crippen LogP contribution in [-0.4, -0.2) is 34.7 Å². The molecule has 0 unspecified atom stereocenters. The van der Waals surface area contributed by atoms with Crippen molar-refractivity contribution >= 4 is 11.4 Å². The minimum absolute atomic E-state index is 0. The van der Waals surface area contributed by atoms with E-state index >= 15 is 0 Å². The minimum Gasteiger partial charge on any atom is -0.507 e. The molecule has 4 nitrogen and oxygen atoms in total. The summed E-state index contributed by atoms with van der Waals surface area (Å²) in [6.45, 7) is 4.90. The molecule has 0 aromatic heterocycles. The Morgan fingerprint density at radius 1 is 0.553 bits per heavy atom. The first-order valence-corrected chi connectivity index (χ1v) is 11.8. The predicted octanol–water partition coefficient (Wildman–Crippen LogP) is 7.38. The van der Waals surface area contributed by atoms with Crippen molar-refractivity contribution in [2.24, 2.45) is 9.98 Å². The standard InChI is InChI=1S/C31H30N2O2.2CH3.Ti/c1-22-12-9-18-26(30(22)34)28(24-14-5-3-6-15-24)32-20-11-21-33-29(25-16-7-4-8-17-25)27-19-10-13-23(2)31(27)35;;;/h3-10,12-19,34-35H,11,20-21H2,1-2H3;2*1H3;/q;2*-1;+2. The average molecular weight is 541 g/mol. The fourth-order valence-corrected chi connectivity index (χ4v) is 4.01. The number of hydrogen-bond donors (Lipinski definition) is 2. The van der Waals surface area contributed by atoms with E-state index in [2.05, 4.69) is 0 Å². The summed E-state index contributed by atoms with van der Waals surface area (Å²) in [6.07, 6.45) is 0.728. The Hall–Kier alpha value is -3.47. The van der Waals surface area contributed by atoms with Crippen LogP contribution in [0.3, 0.4) is 0 Å². The molecule has 0 aliphatic carbocycles. The van der Waals surface area contributed by atoms with E-state index in [-0.39, 0.29) is 48.1 Å². The van der Waals surface area contributed by atoms with Crippen molar-refractivity contribution in [3.8, 4) is 11.5 Å². The molecule has 0 saturated carbocycles. The molecule has 0 fully saturated rings. The van der Waals surface area contributed by atoms with Gasteiger partial charge in [0.25, 0.3) is 0 Å². The quantitative estimate of drug-likeness (QED) is 0.106. The molecule has 194 valence electrons. The Morgan fingerprint density at radius 3 is 1.29 bits per heavy atom. The van der Waals surface area contributed by atoms with Crippen LogP contribution in [0.5, 0.6) is 11.5 Å². The number of hydrogen-bond acceptors (Lipinski definition) is 4. The molecule has 0 heterocycles. The van der Waals surface area contributed by atoms with E-state index in [9.17, 15) is 10.2 Å². The monoisotopic (exact) mass is 540 g/mol. The number of phenols is 2. The molecule has 0 aliphatic heterocycles. The zero-order valence-electron chi connectivity index (χ0n) is 22.6. The number of nitrogens with zero attached hydrogens (tertiary/aromatic N) is 2. The molecule has 2 N–H and O–H groups in total. The maximum Gasteiger partial charge on any atom is 2.00 e. The third-order valence-corrected chi connectivity index (χ3v) is 5.94. The Labute approximate surface area is 242 Å². The number of para-hydroxylation sites is 2. The van der Waals surface area contributed by atoms with E-state index in [0.717, 1.165) is 51.2 Å². The average Bonchev–Trinajstić information content (AvgIpc) is 2.89. The Morgan fingerprint density at radius 2 is 0.921 bits per heavy atom. The second kappa shape index (κ2) is 15.7. The first kappa shape index (κ1) is 32.6. The first-order valence-electron chi connectivity index (χ1n) is 11.8. The largest absolute Gasteiger partial charge is 2.00 e. The van der Waals surface area contributed by atoms with Gasteiger partial charge >= 0.3 is 21.7 Å². The number of aryl methyl sites for hydroxylation is 2. The zero-order chi connectivity index (χ0) is 24.6. The Kier molecular flexibility index (Phi) is 13.5.